The maximum absolute atomic E-state index is 12.7. The third-order valence-corrected chi connectivity index (χ3v) is 4.23. The summed E-state index contributed by atoms with van der Waals surface area (Å²) >= 11 is 0. The van der Waals surface area contributed by atoms with Crippen LogP contribution in [0.3, 0.4) is 0 Å². The number of carbonyl (C=O) groups is 2. The summed E-state index contributed by atoms with van der Waals surface area (Å²) in [5, 5.41) is 21.8. The van der Waals surface area contributed by atoms with Crippen molar-refractivity contribution < 1.29 is 24.5 Å². The van der Waals surface area contributed by atoms with Crippen molar-refractivity contribution in [1.82, 2.24) is 4.90 Å². The fourth-order valence-electron chi connectivity index (χ4n) is 2.77. The van der Waals surface area contributed by atoms with E-state index in [2.05, 4.69) is 11.9 Å². The van der Waals surface area contributed by atoms with Gasteiger partial charge in [0.05, 0.1) is 18.8 Å². The molecule has 1 aliphatic heterocycles. The van der Waals surface area contributed by atoms with Crippen LogP contribution < -0.4 is 5.32 Å². The second-order valence-electron chi connectivity index (χ2n) is 5.80. The highest BCUT2D eigenvalue weighted by Gasteiger charge is 2.37. The van der Waals surface area contributed by atoms with Crippen LogP contribution in [-0.2, 0) is 9.53 Å². The Morgan fingerprint density at radius 3 is 2.88 bits per heavy atom. The largest absolute Gasteiger partial charge is 0.506 e. The Morgan fingerprint density at radius 1 is 1.50 bits per heavy atom. The van der Waals surface area contributed by atoms with E-state index in [1.165, 1.54) is 25.3 Å². The minimum Gasteiger partial charge on any atom is -0.506 e. The average Bonchev–Trinajstić information content (AvgIpc) is 2.62. The number of carbonyl (C=O) groups excluding carboxylic acids is 2. The zero-order chi connectivity index (χ0) is 17.7. The fraction of sp³-hybridized carbons (Fsp3) is 0.412. The van der Waals surface area contributed by atoms with Gasteiger partial charge in [-0.15, -0.1) is 0 Å². The molecular weight excluding hydrogens is 312 g/mol. The van der Waals surface area contributed by atoms with Crippen LogP contribution in [0.25, 0.3) is 0 Å². The van der Waals surface area contributed by atoms with Crippen LogP contribution in [0.1, 0.15) is 23.2 Å². The molecule has 7 heteroatoms. The second-order valence-corrected chi connectivity index (χ2v) is 5.80. The molecule has 1 aliphatic rings. The molecule has 1 heterocycles. The minimum absolute atomic E-state index is 0.137. The van der Waals surface area contributed by atoms with Gasteiger partial charge in [0.25, 0.3) is 5.91 Å². The van der Waals surface area contributed by atoms with Crippen LogP contribution in [0.5, 0.6) is 5.75 Å². The lowest BCUT2D eigenvalue weighted by Crippen LogP contribution is -2.53. The molecule has 0 aliphatic carbocycles. The standard InChI is InChI=1S/C17H22N2O5/c1-3-15(22)18-13-9-12(5-6-14(13)21)16(23)19-8-4-7-17(10-19,11-20)24-2/h3,5-6,9,20-21H,1,4,7-8,10-11H2,2H3,(H,18,22). The van der Waals surface area contributed by atoms with Crippen molar-refractivity contribution in [3.05, 3.63) is 36.4 Å². The van der Waals surface area contributed by atoms with Crippen molar-refractivity contribution in [1.29, 1.82) is 0 Å². The minimum atomic E-state index is -0.745. The first-order valence-corrected chi connectivity index (χ1v) is 7.66. The summed E-state index contributed by atoms with van der Waals surface area (Å²) in [7, 11) is 1.52. The monoisotopic (exact) mass is 334 g/mol. The van der Waals surface area contributed by atoms with E-state index in [1.807, 2.05) is 0 Å². The number of aromatic hydroxyl groups is 1. The molecule has 2 amide bonds. The number of piperidine rings is 1. The lowest BCUT2D eigenvalue weighted by atomic mass is 9.93. The van der Waals surface area contributed by atoms with Crippen LogP contribution in [0.2, 0.25) is 0 Å². The Bertz CT molecular complexity index is 640. The third-order valence-electron chi connectivity index (χ3n) is 4.23. The molecule has 0 saturated carbocycles. The Balaban J connectivity index is 2.21. The van der Waals surface area contributed by atoms with Gasteiger partial charge in [-0.3, -0.25) is 9.59 Å². The molecule has 1 atom stereocenters. The molecule has 2 rings (SSSR count). The van der Waals surface area contributed by atoms with Gasteiger partial charge in [0, 0.05) is 19.2 Å². The number of anilines is 1. The molecule has 0 spiro atoms. The Kier molecular flexibility index (Phi) is 5.58. The van der Waals surface area contributed by atoms with Gasteiger partial charge in [-0.2, -0.15) is 0 Å². The van der Waals surface area contributed by atoms with Gasteiger partial charge in [0.2, 0.25) is 5.91 Å². The average molecular weight is 334 g/mol. The third kappa shape index (κ3) is 3.74. The molecule has 1 fully saturated rings. The first-order valence-electron chi connectivity index (χ1n) is 7.66. The van der Waals surface area contributed by atoms with Crippen molar-refractivity contribution in [3.8, 4) is 5.75 Å². The maximum Gasteiger partial charge on any atom is 0.254 e. The van der Waals surface area contributed by atoms with Crippen LogP contribution in [-0.4, -0.2) is 59.3 Å². The summed E-state index contributed by atoms with van der Waals surface area (Å²) < 4.78 is 5.40. The molecule has 7 nitrogen and oxygen atoms in total. The summed E-state index contributed by atoms with van der Waals surface area (Å²) in [6.45, 7) is 4.02. The first kappa shape index (κ1) is 18.0. The van der Waals surface area contributed by atoms with Gasteiger partial charge in [0.1, 0.15) is 11.4 Å². The van der Waals surface area contributed by atoms with E-state index in [0.717, 1.165) is 12.5 Å². The number of nitrogens with zero attached hydrogens (tertiary/aromatic N) is 1. The van der Waals surface area contributed by atoms with E-state index < -0.39 is 11.5 Å². The number of benzene rings is 1. The van der Waals surface area contributed by atoms with E-state index in [0.29, 0.717) is 18.5 Å². The van der Waals surface area contributed by atoms with Crippen molar-refractivity contribution >= 4 is 17.5 Å². The topological polar surface area (TPSA) is 99.1 Å². The van der Waals surface area contributed by atoms with Gasteiger partial charge < -0.3 is 25.2 Å². The molecule has 0 aromatic heterocycles. The van der Waals surface area contributed by atoms with Gasteiger partial charge in [-0.25, -0.2) is 0 Å². The summed E-state index contributed by atoms with van der Waals surface area (Å²) in [5.41, 5.74) is -0.273. The molecular formula is C17H22N2O5. The molecule has 1 aromatic carbocycles. The number of aliphatic hydroxyl groups is 1. The fourth-order valence-corrected chi connectivity index (χ4v) is 2.77. The number of phenolic OH excluding ortho intramolecular Hbond substituents is 1. The normalized spacial score (nSPS) is 20.5. The van der Waals surface area contributed by atoms with Gasteiger partial charge in [-0.1, -0.05) is 6.58 Å². The molecule has 130 valence electrons. The van der Waals surface area contributed by atoms with Crippen LogP contribution in [0.15, 0.2) is 30.9 Å². The Labute approximate surface area is 140 Å². The van der Waals surface area contributed by atoms with Crippen LogP contribution in [0, 0.1) is 0 Å². The quantitative estimate of drug-likeness (QED) is 0.554. The van der Waals surface area contributed by atoms with Gasteiger partial charge in [-0.05, 0) is 37.1 Å². The van der Waals surface area contributed by atoms with E-state index in [9.17, 15) is 19.8 Å². The van der Waals surface area contributed by atoms with Crippen molar-refractivity contribution in [3.63, 3.8) is 0 Å². The predicted octanol–water partition coefficient (Wildman–Crippen LogP) is 1.13. The Hall–Kier alpha value is -2.38. The predicted molar refractivity (Wildman–Crippen MR) is 88.9 cm³/mol. The Morgan fingerprint density at radius 2 is 2.25 bits per heavy atom. The number of hydrogen-bond acceptors (Lipinski definition) is 5. The number of ether oxygens (including phenoxy) is 1. The number of hydrogen-bond donors (Lipinski definition) is 3. The smallest absolute Gasteiger partial charge is 0.254 e. The van der Waals surface area contributed by atoms with E-state index in [1.54, 1.807) is 4.90 Å². The molecule has 1 aromatic rings. The highest BCUT2D eigenvalue weighted by molar-refractivity contribution is 6.02. The van der Waals surface area contributed by atoms with Crippen LogP contribution >= 0.6 is 0 Å². The summed E-state index contributed by atoms with van der Waals surface area (Å²) in [6.07, 6.45) is 2.48. The zero-order valence-electron chi connectivity index (χ0n) is 13.6. The molecule has 0 radical (unpaired) electrons. The van der Waals surface area contributed by atoms with Crippen molar-refractivity contribution in [2.75, 3.05) is 32.1 Å². The molecule has 1 saturated heterocycles. The molecule has 0 bridgehead atoms. The van der Waals surface area contributed by atoms with Gasteiger partial charge >= 0.3 is 0 Å². The van der Waals surface area contributed by atoms with E-state index >= 15 is 0 Å². The van der Waals surface area contributed by atoms with E-state index in [-0.39, 0.29) is 30.5 Å². The highest BCUT2D eigenvalue weighted by Crippen LogP contribution is 2.28. The van der Waals surface area contributed by atoms with Gasteiger partial charge in [0.15, 0.2) is 0 Å². The molecule has 3 N–H and O–H groups in total. The van der Waals surface area contributed by atoms with Crippen molar-refractivity contribution in [2.45, 2.75) is 18.4 Å². The number of nitrogens with one attached hydrogen (secondary N) is 1. The maximum atomic E-state index is 12.7. The summed E-state index contributed by atoms with van der Waals surface area (Å²) in [6, 6.07) is 4.26. The first-order chi connectivity index (χ1) is 11.4. The lowest BCUT2D eigenvalue weighted by molar-refractivity contribution is -0.111. The SMILES string of the molecule is C=CC(=O)Nc1cc(C(=O)N2CCCC(CO)(OC)C2)ccc1O. The summed E-state index contributed by atoms with van der Waals surface area (Å²) in [5.74, 6) is -0.868. The highest BCUT2D eigenvalue weighted by atomic mass is 16.5. The molecule has 24 heavy (non-hydrogen) atoms. The number of amides is 2. The number of likely N-dealkylation sites (tertiary alicyclic amines) is 1. The van der Waals surface area contributed by atoms with Crippen molar-refractivity contribution in [2.24, 2.45) is 0 Å². The number of rotatable bonds is 5. The van der Waals surface area contributed by atoms with Crippen LogP contribution in [0.4, 0.5) is 5.69 Å². The summed E-state index contributed by atoms with van der Waals surface area (Å²) in [4.78, 5) is 25.7. The van der Waals surface area contributed by atoms with E-state index in [4.69, 9.17) is 4.74 Å². The lowest BCUT2D eigenvalue weighted by Gasteiger charge is -2.40. The zero-order valence-corrected chi connectivity index (χ0v) is 13.6. The number of aliphatic hydroxyl groups excluding tert-OH is 1. The second kappa shape index (κ2) is 7.46. The number of methoxy groups -OCH3 is 1. The molecule has 1 unspecified atom stereocenters. The number of phenols is 1.